The van der Waals surface area contributed by atoms with Gasteiger partial charge in [-0.25, -0.2) is 0 Å². The minimum Gasteiger partial charge on any atom is -0.497 e. The van der Waals surface area contributed by atoms with Gasteiger partial charge in [-0.3, -0.25) is 0 Å². The fraction of sp³-hybridized carbons (Fsp3) is 0.250. The third-order valence-electron chi connectivity index (χ3n) is 3.96. The van der Waals surface area contributed by atoms with Gasteiger partial charge in [-0.2, -0.15) is 10.2 Å². The Balaban J connectivity index is 1.78. The van der Waals surface area contributed by atoms with E-state index in [-0.39, 0.29) is 6.54 Å². The summed E-state index contributed by atoms with van der Waals surface area (Å²) in [7, 11) is 3.16. The summed E-state index contributed by atoms with van der Waals surface area (Å²) < 4.78 is 21.5. The first-order valence-corrected chi connectivity index (χ1v) is 8.64. The Morgan fingerprint density at radius 3 is 2.68 bits per heavy atom. The van der Waals surface area contributed by atoms with Crippen LogP contribution in [-0.4, -0.2) is 31.0 Å². The summed E-state index contributed by atoms with van der Waals surface area (Å²) in [6, 6.07) is 12.7. The van der Waals surface area contributed by atoms with Crippen molar-refractivity contribution in [2.24, 2.45) is 0 Å². The Morgan fingerprint density at radius 1 is 1.11 bits per heavy atom. The Morgan fingerprint density at radius 2 is 1.96 bits per heavy atom. The van der Waals surface area contributed by atoms with Gasteiger partial charge >= 0.3 is 0 Å². The van der Waals surface area contributed by atoms with Crippen LogP contribution in [0.1, 0.15) is 18.4 Å². The van der Waals surface area contributed by atoms with Crippen LogP contribution in [0.3, 0.4) is 0 Å². The Labute approximate surface area is 162 Å². The molecule has 0 aliphatic rings. The molecule has 1 aromatic heterocycles. The van der Waals surface area contributed by atoms with E-state index in [2.05, 4.69) is 21.5 Å². The van der Waals surface area contributed by atoms with Crippen LogP contribution in [-0.2, 0) is 6.54 Å². The average Bonchev–Trinajstić information content (AvgIpc) is 3.21. The van der Waals surface area contributed by atoms with Crippen LogP contribution >= 0.6 is 0 Å². The molecule has 8 nitrogen and oxygen atoms in total. The molecule has 0 amide bonds. The van der Waals surface area contributed by atoms with Crippen LogP contribution in [0.15, 0.2) is 40.9 Å². The Hall–Kier alpha value is -3.73. The van der Waals surface area contributed by atoms with Crippen molar-refractivity contribution < 1.29 is 18.7 Å². The molecule has 3 rings (SSSR count). The van der Waals surface area contributed by atoms with E-state index in [1.54, 1.807) is 44.6 Å². The van der Waals surface area contributed by atoms with Gasteiger partial charge in [-0.15, -0.1) is 0 Å². The SMILES string of the molecule is CCOc1ccc(C#N)cc1NCc1nc(-c2ccc(OC)cc2OC)no1. The third kappa shape index (κ3) is 4.15. The first kappa shape index (κ1) is 19.0. The minimum absolute atomic E-state index is 0.278. The standard InChI is InChI=1S/C20H20N4O4/c1-4-27-17-8-5-13(11-21)9-16(17)22-12-19-23-20(24-28-19)15-7-6-14(25-2)10-18(15)26-3/h5-10,22H,4,12H2,1-3H3. The van der Waals surface area contributed by atoms with Gasteiger partial charge in [0.1, 0.15) is 17.2 Å². The molecular formula is C20H20N4O4. The van der Waals surface area contributed by atoms with Crippen molar-refractivity contribution in [3.63, 3.8) is 0 Å². The highest BCUT2D eigenvalue weighted by Gasteiger charge is 2.15. The predicted octanol–water partition coefficient (Wildman–Crippen LogP) is 3.64. The number of ether oxygens (including phenoxy) is 3. The second-order valence-electron chi connectivity index (χ2n) is 5.69. The maximum Gasteiger partial charge on any atom is 0.246 e. The van der Waals surface area contributed by atoms with Crippen LogP contribution in [0.25, 0.3) is 11.4 Å². The highest BCUT2D eigenvalue weighted by molar-refractivity contribution is 5.65. The maximum atomic E-state index is 9.10. The fourth-order valence-corrected chi connectivity index (χ4v) is 2.61. The number of anilines is 1. The number of aromatic nitrogens is 2. The second-order valence-corrected chi connectivity index (χ2v) is 5.69. The molecule has 8 heteroatoms. The summed E-state index contributed by atoms with van der Waals surface area (Å²) in [4.78, 5) is 4.41. The van der Waals surface area contributed by atoms with E-state index >= 15 is 0 Å². The van der Waals surface area contributed by atoms with Crippen LogP contribution in [0.2, 0.25) is 0 Å². The maximum absolute atomic E-state index is 9.10. The smallest absolute Gasteiger partial charge is 0.246 e. The number of benzene rings is 2. The van der Waals surface area contributed by atoms with Crippen molar-refractivity contribution in [1.29, 1.82) is 5.26 Å². The predicted molar refractivity (Wildman–Crippen MR) is 102 cm³/mol. The van der Waals surface area contributed by atoms with Crippen molar-refractivity contribution in [1.82, 2.24) is 10.1 Å². The van der Waals surface area contributed by atoms with E-state index in [0.29, 0.717) is 52.4 Å². The van der Waals surface area contributed by atoms with Gasteiger partial charge in [0.05, 0.1) is 50.3 Å². The topological polar surface area (TPSA) is 102 Å². The Kier molecular flexibility index (Phi) is 5.97. The van der Waals surface area contributed by atoms with Gasteiger partial charge < -0.3 is 24.1 Å². The molecule has 2 aromatic carbocycles. The zero-order valence-corrected chi connectivity index (χ0v) is 15.9. The van der Waals surface area contributed by atoms with Gasteiger partial charge in [-0.1, -0.05) is 5.16 Å². The quantitative estimate of drug-likeness (QED) is 0.632. The lowest BCUT2D eigenvalue weighted by Crippen LogP contribution is -2.03. The molecule has 0 atom stereocenters. The first-order chi connectivity index (χ1) is 13.7. The number of nitrogens with one attached hydrogen (secondary N) is 1. The molecule has 0 spiro atoms. The lowest BCUT2D eigenvalue weighted by molar-refractivity contribution is 0.341. The van der Waals surface area contributed by atoms with E-state index in [9.17, 15) is 0 Å². The van der Waals surface area contributed by atoms with Crippen LogP contribution in [0.5, 0.6) is 17.2 Å². The van der Waals surface area contributed by atoms with E-state index < -0.39 is 0 Å². The van der Waals surface area contributed by atoms with Crippen molar-refractivity contribution in [3.05, 3.63) is 47.9 Å². The molecule has 0 saturated carbocycles. The lowest BCUT2D eigenvalue weighted by Gasteiger charge is -2.11. The normalized spacial score (nSPS) is 10.2. The number of nitrogens with zero attached hydrogens (tertiary/aromatic N) is 3. The van der Waals surface area contributed by atoms with Gasteiger partial charge in [-0.05, 0) is 37.3 Å². The number of methoxy groups -OCH3 is 2. The van der Waals surface area contributed by atoms with Crippen LogP contribution < -0.4 is 19.5 Å². The van der Waals surface area contributed by atoms with Gasteiger partial charge in [0.2, 0.25) is 11.7 Å². The molecule has 0 aliphatic carbocycles. The zero-order valence-electron chi connectivity index (χ0n) is 15.9. The molecule has 28 heavy (non-hydrogen) atoms. The summed E-state index contributed by atoms with van der Waals surface area (Å²) in [6.07, 6.45) is 0. The molecule has 0 saturated heterocycles. The molecule has 144 valence electrons. The van der Waals surface area contributed by atoms with Gasteiger partial charge in [0.15, 0.2) is 0 Å². The summed E-state index contributed by atoms with van der Waals surface area (Å²) in [5.74, 6) is 2.70. The molecule has 1 heterocycles. The van der Waals surface area contributed by atoms with Crippen molar-refractivity contribution in [2.75, 3.05) is 26.1 Å². The molecular weight excluding hydrogens is 360 g/mol. The van der Waals surface area contributed by atoms with Gasteiger partial charge in [0.25, 0.3) is 0 Å². The van der Waals surface area contributed by atoms with Crippen molar-refractivity contribution >= 4 is 5.69 Å². The van der Waals surface area contributed by atoms with E-state index in [4.69, 9.17) is 24.0 Å². The fourth-order valence-electron chi connectivity index (χ4n) is 2.61. The summed E-state index contributed by atoms with van der Waals surface area (Å²) >= 11 is 0. The van der Waals surface area contributed by atoms with Gasteiger partial charge in [0, 0.05) is 6.07 Å². The molecule has 3 aromatic rings. The number of hydrogen-bond donors (Lipinski definition) is 1. The largest absolute Gasteiger partial charge is 0.497 e. The van der Waals surface area contributed by atoms with Crippen molar-refractivity contribution in [2.45, 2.75) is 13.5 Å². The third-order valence-corrected chi connectivity index (χ3v) is 3.96. The number of rotatable bonds is 8. The monoisotopic (exact) mass is 380 g/mol. The number of nitriles is 1. The summed E-state index contributed by atoms with van der Waals surface area (Å²) in [6.45, 7) is 2.69. The molecule has 0 radical (unpaired) electrons. The second kappa shape index (κ2) is 8.77. The first-order valence-electron chi connectivity index (χ1n) is 8.64. The van der Waals surface area contributed by atoms with Crippen molar-refractivity contribution in [3.8, 4) is 34.7 Å². The van der Waals surface area contributed by atoms with E-state index in [1.807, 2.05) is 13.0 Å². The lowest BCUT2D eigenvalue weighted by atomic mass is 10.2. The molecule has 0 bridgehead atoms. The molecule has 0 aliphatic heterocycles. The summed E-state index contributed by atoms with van der Waals surface area (Å²) in [5, 5.41) is 16.3. The zero-order chi connectivity index (χ0) is 19.9. The number of hydrogen-bond acceptors (Lipinski definition) is 8. The molecule has 0 fully saturated rings. The Bertz CT molecular complexity index is 994. The minimum atomic E-state index is 0.278. The molecule has 1 N–H and O–H groups in total. The van der Waals surface area contributed by atoms with Crippen LogP contribution in [0, 0.1) is 11.3 Å². The highest BCUT2D eigenvalue weighted by atomic mass is 16.5. The highest BCUT2D eigenvalue weighted by Crippen LogP contribution is 2.32. The summed E-state index contributed by atoms with van der Waals surface area (Å²) in [5.41, 5.74) is 1.91. The van der Waals surface area contributed by atoms with E-state index in [0.717, 1.165) is 0 Å². The average molecular weight is 380 g/mol. The van der Waals surface area contributed by atoms with Crippen LogP contribution in [0.4, 0.5) is 5.69 Å². The molecule has 0 unspecified atom stereocenters. The van der Waals surface area contributed by atoms with E-state index in [1.165, 1.54) is 0 Å².